The summed E-state index contributed by atoms with van der Waals surface area (Å²) in [5.74, 6) is 0.598. The highest BCUT2D eigenvalue weighted by Crippen LogP contribution is 2.46. The van der Waals surface area contributed by atoms with Gasteiger partial charge in [0, 0.05) is 43.6 Å². The molecule has 0 aliphatic rings. The molecule has 0 atom stereocenters. The monoisotopic (exact) mass is 776 g/mol. The number of para-hydroxylation sites is 3. The third-order valence-electron chi connectivity index (χ3n) is 12.9. The summed E-state index contributed by atoms with van der Waals surface area (Å²) in [7, 11) is 0. The predicted octanol–water partition coefficient (Wildman–Crippen LogP) is 14.8. The maximum Gasteiger partial charge on any atom is 0.236 e. The number of nitrogens with zero attached hydrogens (tertiary/aromatic N) is 4. The Kier molecular flexibility index (Phi) is 6.49. The summed E-state index contributed by atoms with van der Waals surface area (Å²) < 4.78 is 11.4. The Morgan fingerprint density at radius 2 is 0.951 bits per heavy atom. The van der Waals surface area contributed by atoms with Crippen molar-refractivity contribution in [3.63, 3.8) is 0 Å². The Hall–Kier alpha value is -8.28. The molecule has 0 saturated heterocycles. The van der Waals surface area contributed by atoms with E-state index in [0.29, 0.717) is 11.5 Å². The second-order valence-electron chi connectivity index (χ2n) is 16.1. The molecule has 0 radical (unpaired) electrons. The molecule has 61 heavy (non-hydrogen) atoms. The predicted molar refractivity (Wildman–Crippen MR) is 253 cm³/mol. The minimum Gasteiger partial charge on any atom is -0.452 e. The lowest BCUT2D eigenvalue weighted by Gasteiger charge is -2.13. The van der Waals surface area contributed by atoms with Crippen LogP contribution < -0.4 is 0 Å². The van der Waals surface area contributed by atoms with Crippen molar-refractivity contribution >= 4 is 109 Å². The van der Waals surface area contributed by atoms with Crippen molar-refractivity contribution in [1.29, 1.82) is 0 Å². The van der Waals surface area contributed by atoms with Crippen LogP contribution in [0.3, 0.4) is 0 Å². The number of fused-ring (bicyclic) bond motifs is 18. The first-order valence-electron chi connectivity index (χ1n) is 20.8. The molecule has 0 fully saturated rings. The normalized spacial score (nSPS) is 12.3. The quantitative estimate of drug-likeness (QED) is 0.168. The van der Waals surface area contributed by atoms with Gasteiger partial charge in [-0.15, -0.1) is 0 Å². The fourth-order valence-electron chi connectivity index (χ4n) is 10.3. The summed E-state index contributed by atoms with van der Waals surface area (Å²) in [5.41, 5.74) is 9.47. The van der Waals surface area contributed by atoms with Crippen LogP contribution in [0.25, 0.3) is 132 Å². The summed E-state index contributed by atoms with van der Waals surface area (Å²) >= 11 is 0. The van der Waals surface area contributed by atoms with E-state index in [9.17, 15) is 0 Å². The smallest absolute Gasteiger partial charge is 0.236 e. The first kappa shape index (κ1) is 32.7. The van der Waals surface area contributed by atoms with Crippen LogP contribution in [0.15, 0.2) is 199 Å². The number of hydrogen-bond acceptors (Lipinski definition) is 3. The van der Waals surface area contributed by atoms with E-state index >= 15 is 0 Å². The van der Waals surface area contributed by atoms with Crippen LogP contribution >= 0.6 is 0 Å². The van der Waals surface area contributed by atoms with Gasteiger partial charge >= 0.3 is 0 Å². The zero-order chi connectivity index (χ0) is 39.8. The van der Waals surface area contributed by atoms with Crippen LogP contribution in [0, 0.1) is 0 Å². The van der Waals surface area contributed by atoms with Crippen molar-refractivity contribution in [1.82, 2.24) is 19.1 Å². The highest BCUT2D eigenvalue weighted by atomic mass is 16.3. The van der Waals surface area contributed by atoms with Crippen molar-refractivity contribution in [3.05, 3.63) is 194 Å². The molecule has 0 saturated carbocycles. The standard InChI is InChI=1S/C56H32N4O/c1-2-15-35(16-3-1)59-45-24-12-10-21-40(45)44-32-34(27-29-46(44)59)53-55-54(43-23-11-13-25-49(43)61-55)58-56(57-53)60-47-30-26-33-14-4-5-17-36(33)51(47)52-48(60)31-28-42-39-20-7-6-18-37(39)38-19-8-9-22-41(38)50(42)52/h1-32H. The molecule has 0 aliphatic heterocycles. The first-order chi connectivity index (χ1) is 30.3. The minimum absolute atomic E-state index is 0.598. The summed E-state index contributed by atoms with van der Waals surface area (Å²) in [5, 5.41) is 15.5. The summed E-state index contributed by atoms with van der Waals surface area (Å²) in [6.45, 7) is 0. The first-order valence-corrected chi connectivity index (χ1v) is 20.8. The molecule has 0 spiro atoms. The summed E-state index contributed by atoms with van der Waals surface area (Å²) in [6, 6.07) is 69.5. The lowest BCUT2D eigenvalue weighted by Crippen LogP contribution is -2.03. The summed E-state index contributed by atoms with van der Waals surface area (Å²) in [6.07, 6.45) is 0. The van der Waals surface area contributed by atoms with Gasteiger partial charge in [-0.2, -0.15) is 0 Å². The van der Waals surface area contributed by atoms with E-state index in [1.165, 1.54) is 59.2 Å². The van der Waals surface area contributed by atoms with Crippen molar-refractivity contribution in [2.75, 3.05) is 0 Å². The highest BCUT2D eigenvalue weighted by molar-refractivity contribution is 6.37. The van der Waals surface area contributed by atoms with Gasteiger partial charge in [-0.1, -0.05) is 140 Å². The maximum atomic E-state index is 6.72. The SMILES string of the molecule is c1ccc(-n2c3ccccc3c3cc(-c4nc(-n5c6ccc7ccccc7c6c6c7c8ccccc8c8ccccc8c7ccc65)nc5c4oc4ccccc45)ccc32)cc1. The second-order valence-corrected chi connectivity index (χ2v) is 16.1. The third-order valence-corrected chi connectivity index (χ3v) is 12.9. The van der Waals surface area contributed by atoms with Gasteiger partial charge < -0.3 is 8.98 Å². The van der Waals surface area contributed by atoms with Crippen LogP contribution in [-0.2, 0) is 0 Å². The van der Waals surface area contributed by atoms with E-state index in [1.54, 1.807) is 0 Å². The molecule has 10 aromatic carbocycles. The molecule has 282 valence electrons. The number of aromatic nitrogens is 4. The number of hydrogen-bond donors (Lipinski definition) is 0. The molecule has 0 aliphatic carbocycles. The largest absolute Gasteiger partial charge is 0.452 e. The van der Waals surface area contributed by atoms with Gasteiger partial charge in [-0.3, -0.25) is 4.57 Å². The Labute approximate surface area is 347 Å². The van der Waals surface area contributed by atoms with E-state index < -0.39 is 0 Å². The topological polar surface area (TPSA) is 48.8 Å². The van der Waals surface area contributed by atoms with Gasteiger partial charge in [-0.05, 0) is 92.3 Å². The van der Waals surface area contributed by atoms with E-state index in [0.717, 1.165) is 60.9 Å². The Morgan fingerprint density at radius 3 is 1.77 bits per heavy atom. The maximum absolute atomic E-state index is 6.72. The third kappa shape index (κ3) is 4.44. The van der Waals surface area contributed by atoms with Crippen LogP contribution in [0.5, 0.6) is 0 Å². The van der Waals surface area contributed by atoms with E-state index in [-0.39, 0.29) is 0 Å². The molecule has 14 aromatic rings. The lowest BCUT2D eigenvalue weighted by molar-refractivity contribution is 0.666. The van der Waals surface area contributed by atoms with Crippen molar-refractivity contribution in [3.8, 4) is 22.9 Å². The van der Waals surface area contributed by atoms with E-state index in [2.05, 4.69) is 191 Å². The van der Waals surface area contributed by atoms with Gasteiger partial charge in [0.25, 0.3) is 0 Å². The average molecular weight is 777 g/mol. The molecule has 5 heteroatoms. The highest BCUT2D eigenvalue weighted by Gasteiger charge is 2.25. The molecule has 14 rings (SSSR count). The molecule has 4 aromatic heterocycles. The van der Waals surface area contributed by atoms with Crippen molar-refractivity contribution in [2.24, 2.45) is 0 Å². The minimum atomic E-state index is 0.598. The van der Waals surface area contributed by atoms with Crippen molar-refractivity contribution < 1.29 is 4.42 Å². The molecule has 0 N–H and O–H groups in total. The molecule has 0 bridgehead atoms. The Balaban J connectivity index is 1.13. The number of rotatable bonds is 3. The molecule has 0 amide bonds. The molecular formula is C56H32N4O. The van der Waals surface area contributed by atoms with Crippen LogP contribution in [0.2, 0.25) is 0 Å². The zero-order valence-electron chi connectivity index (χ0n) is 32.7. The van der Waals surface area contributed by atoms with Gasteiger partial charge in [0.2, 0.25) is 5.95 Å². The fraction of sp³-hybridized carbons (Fsp3) is 0. The fourth-order valence-corrected chi connectivity index (χ4v) is 10.3. The molecule has 0 unspecified atom stereocenters. The second kappa shape index (κ2) is 12.1. The number of benzene rings is 10. The molecule has 5 nitrogen and oxygen atoms in total. The van der Waals surface area contributed by atoms with Gasteiger partial charge in [0.1, 0.15) is 16.8 Å². The van der Waals surface area contributed by atoms with Gasteiger partial charge in [0.05, 0.1) is 22.1 Å². The van der Waals surface area contributed by atoms with Crippen LogP contribution in [-0.4, -0.2) is 19.1 Å². The van der Waals surface area contributed by atoms with E-state index in [4.69, 9.17) is 14.4 Å². The zero-order valence-corrected chi connectivity index (χ0v) is 32.7. The lowest BCUT2D eigenvalue weighted by atomic mass is 9.91. The van der Waals surface area contributed by atoms with Crippen LogP contribution in [0.1, 0.15) is 0 Å². The Bertz CT molecular complexity index is 4140. The Morgan fingerprint density at radius 1 is 0.361 bits per heavy atom. The molecular weight excluding hydrogens is 745 g/mol. The van der Waals surface area contributed by atoms with Crippen LogP contribution in [0.4, 0.5) is 0 Å². The van der Waals surface area contributed by atoms with Gasteiger partial charge in [-0.25, -0.2) is 9.97 Å². The average Bonchev–Trinajstić information content (AvgIpc) is 3.99. The molecule has 4 heterocycles. The van der Waals surface area contributed by atoms with E-state index in [1.807, 2.05) is 12.1 Å². The van der Waals surface area contributed by atoms with Gasteiger partial charge in [0.15, 0.2) is 5.58 Å². The number of furan rings is 1. The summed E-state index contributed by atoms with van der Waals surface area (Å²) in [4.78, 5) is 11.1. The van der Waals surface area contributed by atoms with Crippen molar-refractivity contribution in [2.45, 2.75) is 0 Å².